The molecule has 1 heterocycles. The van der Waals surface area contributed by atoms with Crippen molar-refractivity contribution >= 4 is 17.6 Å². The van der Waals surface area contributed by atoms with Gasteiger partial charge in [-0.05, 0) is 37.8 Å². The van der Waals surface area contributed by atoms with Gasteiger partial charge in [0.05, 0.1) is 0 Å². The van der Waals surface area contributed by atoms with E-state index in [9.17, 15) is 0 Å². The van der Waals surface area contributed by atoms with Gasteiger partial charge in [0.2, 0.25) is 0 Å². The minimum absolute atomic E-state index is 0.0611. The Balaban J connectivity index is 2.82. The molecular weight excluding hydrogens is 218 g/mol. The van der Waals surface area contributed by atoms with E-state index in [-0.39, 0.29) is 6.04 Å². The zero-order valence-corrected chi connectivity index (χ0v) is 11.3. The number of pyridine rings is 1. The molecule has 4 heteroatoms. The SMILES string of the molecule is CSCC(C)N(C)c1cc([C@@H](C)N)ccn1. The van der Waals surface area contributed by atoms with Crippen molar-refractivity contribution in [2.75, 3.05) is 24.0 Å². The second-order valence-corrected chi connectivity index (χ2v) is 5.06. The molecule has 0 spiro atoms. The van der Waals surface area contributed by atoms with Gasteiger partial charge < -0.3 is 10.6 Å². The normalized spacial score (nSPS) is 14.6. The molecule has 0 aliphatic rings. The second-order valence-electron chi connectivity index (χ2n) is 4.15. The van der Waals surface area contributed by atoms with E-state index in [1.165, 1.54) is 0 Å². The molecule has 2 N–H and O–H groups in total. The topological polar surface area (TPSA) is 42.1 Å². The van der Waals surface area contributed by atoms with Gasteiger partial charge in [0.15, 0.2) is 0 Å². The van der Waals surface area contributed by atoms with Gasteiger partial charge in [-0.3, -0.25) is 0 Å². The molecule has 0 saturated carbocycles. The van der Waals surface area contributed by atoms with Crippen molar-refractivity contribution < 1.29 is 0 Å². The molecule has 0 amide bonds. The predicted octanol–water partition coefficient (Wildman–Crippen LogP) is 2.29. The van der Waals surface area contributed by atoms with Gasteiger partial charge in [0.25, 0.3) is 0 Å². The molecular formula is C12H21N3S. The third-order valence-electron chi connectivity index (χ3n) is 2.73. The summed E-state index contributed by atoms with van der Waals surface area (Å²) >= 11 is 1.85. The first-order valence-corrected chi connectivity index (χ1v) is 6.89. The summed E-state index contributed by atoms with van der Waals surface area (Å²) in [5, 5.41) is 0. The van der Waals surface area contributed by atoms with Gasteiger partial charge in [-0.2, -0.15) is 11.8 Å². The van der Waals surface area contributed by atoms with Gasteiger partial charge >= 0.3 is 0 Å². The molecule has 0 aliphatic heterocycles. The molecule has 0 fully saturated rings. The fraction of sp³-hybridized carbons (Fsp3) is 0.583. The summed E-state index contributed by atoms with van der Waals surface area (Å²) in [6.07, 6.45) is 3.95. The Hall–Kier alpha value is -0.740. The van der Waals surface area contributed by atoms with Crippen LogP contribution in [0.4, 0.5) is 5.82 Å². The van der Waals surface area contributed by atoms with Crippen molar-refractivity contribution in [2.45, 2.75) is 25.9 Å². The summed E-state index contributed by atoms with van der Waals surface area (Å²) in [5.41, 5.74) is 7.00. The molecule has 0 saturated heterocycles. The lowest BCUT2D eigenvalue weighted by atomic mass is 10.1. The molecule has 0 aromatic carbocycles. The molecule has 90 valence electrons. The number of hydrogen-bond acceptors (Lipinski definition) is 4. The molecule has 3 nitrogen and oxygen atoms in total. The van der Waals surface area contributed by atoms with Crippen molar-refractivity contribution in [1.82, 2.24) is 4.98 Å². The van der Waals surface area contributed by atoms with Crippen LogP contribution < -0.4 is 10.6 Å². The van der Waals surface area contributed by atoms with Crippen LogP contribution in [0.1, 0.15) is 25.5 Å². The first-order chi connectivity index (χ1) is 7.56. The summed E-state index contributed by atoms with van der Waals surface area (Å²) in [6, 6.07) is 4.58. The van der Waals surface area contributed by atoms with Crippen molar-refractivity contribution in [3.05, 3.63) is 23.9 Å². The molecule has 1 unspecified atom stereocenters. The van der Waals surface area contributed by atoms with Crippen LogP contribution in [-0.2, 0) is 0 Å². The van der Waals surface area contributed by atoms with E-state index in [2.05, 4.69) is 36.2 Å². The minimum atomic E-state index is 0.0611. The first-order valence-electron chi connectivity index (χ1n) is 5.49. The Morgan fingerprint density at radius 2 is 2.19 bits per heavy atom. The Kier molecular flexibility index (Phi) is 5.09. The van der Waals surface area contributed by atoms with E-state index < -0.39 is 0 Å². The number of nitrogens with zero attached hydrogens (tertiary/aromatic N) is 2. The number of anilines is 1. The van der Waals surface area contributed by atoms with Gasteiger partial charge in [0.1, 0.15) is 5.82 Å². The number of aromatic nitrogens is 1. The zero-order chi connectivity index (χ0) is 12.1. The highest BCUT2D eigenvalue weighted by Crippen LogP contribution is 2.18. The van der Waals surface area contributed by atoms with Gasteiger partial charge in [-0.15, -0.1) is 0 Å². The molecule has 1 aromatic rings. The lowest BCUT2D eigenvalue weighted by Crippen LogP contribution is -2.31. The van der Waals surface area contributed by atoms with Crippen LogP contribution >= 0.6 is 11.8 Å². The standard InChI is InChI=1S/C12H21N3S/c1-9(8-16-4)15(3)12-7-11(10(2)13)5-6-14-12/h5-7,9-10H,8,13H2,1-4H3/t9?,10-/m1/s1. The smallest absolute Gasteiger partial charge is 0.128 e. The molecule has 16 heavy (non-hydrogen) atoms. The zero-order valence-electron chi connectivity index (χ0n) is 10.5. The summed E-state index contributed by atoms with van der Waals surface area (Å²) in [4.78, 5) is 6.58. The van der Waals surface area contributed by atoms with Crippen molar-refractivity contribution in [3.63, 3.8) is 0 Å². The molecule has 1 rings (SSSR count). The maximum absolute atomic E-state index is 5.87. The van der Waals surface area contributed by atoms with Crippen LogP contribution in [-0.4, -0.2) is 30.1 Å². The highest BCUT2D eigenvalue weighted by molar-refractivity contribution is 7.98. The monoisotopic (exact) mass is 239 g/mol. The predicted molar refractivity (Wildman–Crippen MR) is 73.1 cm³/mol. The van der Waals surface area contributed by atoms with Crippen LogP contribution in [0.25, 0.3) is 0 Å². The molecule has 0 radical (unpaired) electrons. The molecule has 0 bridgehead atoms. The van der Waals surface area contributed by atoms with Gasteiger partial charge in [0, 0.05) is 31.1 Å². The van der Waals surface area contributed by atoms with Crippen LogP contribution in [0, 0.1) is 0 Å². The lowest BCUT2D eigenvalue weighted by molar-refractivity contribution is 0.747. The molecule has 0 aliphatic carbocycles. The maximum atomic E-state index is 5.87. The number of nitrogens with two attached hydrogens (primary N) is 1. The fourth-order valence-corrected chi connectivity index (χ4v) is 2.20. The minimum Gasteiger partial charge on any atom is -0.356 e. The average molecular weight is 239 g/mol. The number of rotatable bonds is 5. The summed E-state index contributed by atoms with van der Waals surface area (Å²) in [5.74, 6) is 2.09. The van der Waals surface area contributed by atoms with E-state index in [1.807, 2.05) is 30.9 Å². The average Bonchev–Trinajstić information content (AvgIpc) is 2.28. The molecule has 1 aromatic heterocycles. The van der Waals surface area contributed by atoms with Crippen molar-refractivity contribution in [1.29, 1.82) is 0 Å². The second kappa shape index (κ2) is 6.11. The lowest BCUT2D eigenvalue weighted by Gasteiger charge is -2.26. The van der Waals surface area contributed by atoms with E-state index in [1.54, 1.807) is 0 Å². The first kappa shape index (κ1) is 13.3. The Morgan fingerprint density at radius 3 is 2.75 bits per heavy atom. The number of hydrogen-bond donors (Lipinski definition) is 1. The van der Waals surface area contributed by atoms with Crippen LogP contribution in [0.5, 0.6) is 0 Å². The third-order valence-corrected chi connectivity index (χ3v) is 3.54. The third kappa shape index (κ3) is 3.39. The largest absolute Gasteiger partial charge is 0.356 e. The van der Waals surface area contributed by atoms with E-state index in [0.29, 0.717) is 6.04 Å². The van der Waals surface area contributed by atoms with Crippen LogP contribution in [0.15, 0.2) is 18.3 Å². The van der Waals surface area contributed by atoms with Crippen molar-refractivity contribution in [2.24, 2.45) is 5.73 Å². The van der Waals surface area contributed by atoms with Crippen LogP contribution in [0.2, 0.25) is 0 Å². The number of thioether (sulfide) groups is 1. The summed E-state index contributed by atoms with van der Waals surface area (Å²) in [6.45, 7) is 4.20. The summed E-state index contributed by atoms with van der Waals surface area (Å²) in [7, 11) is 2.08. The Morgan fingerprint density at radius 1 is 1.50 bits per heavy atom. The Bertz CT molecular complexity index is 328. The maximum Gasteiger partial charge on any atom is 0.128 e. The van der Waals surface area contributed by atoms with E-state index in [4.69, 9.17) is 5.73 Å². The highest BCUT2D eigenvalue weighted by atomic mass is 32.2. The van der Waals surface area contributed by atoms with E-state index >= 15 is 0 Å². The highest BCUT2D eigenvalue weighted by Gasteiger charge is 2.11. The quantitative estimate of drug-likeness (QED) is 0.856. The van der Waals surface area contributed by atoms with E-state index in [0.717, 1.165) is 17.1 Å². The van der Waals surface area contributed by atoms with Gasteiger partial charge in [-0.1, -0.05) is 0 Å². The molecule has 2 atom stereocenters. The fourth-order valence-electron chi connectivity index (χ4n) is 1.49. The van der Waals surface area contributed by atoms with Crippen LogP contribution in [0.3, 0.4) is 0 Å². The van der Waals surface area contributed by atoms with Crippen molar-refractivity contribution in [3.8, 4) is 0 Å². The van der Waals surface area contributed by atoms with Gasteiger partial charge in [-0.25, -0.2) is 4.98 Å². The summed E-state index contributed by atoms with van der Waals surface area (Å²) < 4.78 is 0. The Labute approximate surface area is 102 Å².